The number of phosphoric ester groups is 1. The molecule has 13 nitrogen and oxygen atoms in total. The van der Waals surface area contributed by atoms with Gasteiger partial charge in [0.2, 0.25) is 5.91 Å². The molecule has 0 aromatic carbocycles. The van der Waals surface area contributed by atoms with Crippen molar-refractivity contribution in [3.8, 4) is 0 Å². The number of nitrogens with one attached hydrogen (secondary N) is 1. The Hall–Kier alpha value is -0.700. The number of phosphoric acid groups is 1. The maximum absolute atomic E-state index is 12.9. The summed E-state index contributed by atoms with van der Waals surface area (Å²) in [7, 11) is -5.10. The van der Waals surface area contributed by atoms with Gasteiger partial charge in [0, 0.05) is 0 Å². The summed E-state index contributed by atoms with van der Waals surface area (Å²) in [6, 6.07) is -1.15. The molecule has 1 aliphatic carbocycles. The summed E-state index contributed by atoms with van der Waals surface area (Å²) < 4.78 is 22.7. The lowest BCUT2D eigenvalue weighted by Crippen LogP contribution is -2.64. The first-order valence-electron chi connectivity index (χ1n) is 29.1. The van der Waals surface area contributed by atoms with E-state index in [1.807, 2.05) is 6.92 Å². The van der Waals surface area contributed by atoms with Gasteiger partial charge in [0.15, 0.2) is 0 Å². The van der Waals surface area contributed by atoms with Crippen molar-refractivity contribution in [3.05, 3.63) is 0 Å². The van der Waals surface area contributed by atoms with Crippen molar-refractivity contribution in [1.29, 1.82) is 0 Å². The quantitative estimate of drug-likeness (QED) is 0.0205. The second kappa shape index (κ2) is 44.8. The molecule has 0 aliphatic heterocycles. The zero-order chi connectivity index (χ0) is 50.8. The van der Waals surface area contributed by atoms with E-state index in [-0.39, 0.29) is 12.8 Å². The van der Waals surface area contributed by atoms with Crippen molar-refractivity contribution in [2.75, 3.05) is 6.61 Å². The van der Waals surface area contributed by atoms with Crippen LogP contribution in [0.5, 0.6) is 0 Å². The van der Waals surface area contributed by atoms with Crippen LogP contribution in [0.4, 0.5) is 0 Å². The molecule has 0 aromatic heterocycles. The van der Waals surface area contributed by atoms with Gasteiger partial charge in [-0.25, -0.2) is 4.57 Å². The molecule has 0 bridgehead atoms. The lowest BCUT2D eigenvalue weighted by atomic mass is 9.85. The maximum Gasteiger partial charge on any atom is 0.472 e. The molecule has 0 radical (unpaired) electrons. The van der Waals surface area contributed by atoms with Crippen LogP contribution >= 0.6 is 7.82 Å². The largest absolute Gasteiger partial charge is 0.472 e. The maximum atomic E-state index is 12.9. The SMILES string of the molecule is CCCCCCCCCCCCCCCCCCCCCCCCCCCCCCCCCCCCCC(O)CC(=O)NC(COP(=O)(O)OC1C(O)C(O)C(O)C(O)C1O)C(O)CCCCCC. The molecular formula is C55H110NO12P. The lowest BCUT2D eigenvalue weighted by molar-refractivity contribution is -0.220. The van der Waals surface area contributed by atoms with Crippen molar-refractivity contribution in [2.24, 2.45) is 0 Å². The van der Waals surface area contributed by atoms with Crippen molar-refractivity contribution in [3.63, 3.8) is 0 Å². The van der Waals surface area contributed by atoms with E-state index in [0.717, 1.165) is 44.9 Å². The van der Waals surface area contributed by atoms with Gasteiger partial charge >= 0.3 is 7.82 Å². The van der Waals surface area contributed by atoms with Crippen LogP contribution < -0.4 is 5.32 Å². The molecule has 1 aliphatic rings. The zero-order valence-electron chi connectivity index (χ0n) is 44.3. The second-order valence-corrected chi connectivity index (χ2v) is 22.5. The standard InChI is InChI=1S/C55H110NO12P/c1-3-5-7-9-10-11-12-13-14-15-16-17-18-19-20-21-22-23-24-25-26-27-28-29-30-31-32-33-34-35-36-37-38-39-40-42-46(57)44-49(59)56-47(48(58)43-41-8-6-4-2)45-67-69(65,66)68-55-53(63)51(61)50(60)52(62)54(55)64/h46-48,50-55,57-58,60-64H,3-45H2,1-2H3,(H,56,59)(H,65,66). The summed E-state index contributed by atoms with van der Waals surface area (Å²) in [4.78, 5) is 23.3. The third-order valence-electron chi connectivity index (χ3n) is 14.5. The molecular weight excluding hydrogens is 898 g/mol. The number of hydrogen-bond acceptors (Lipinski definition) is 11. The number of unbranched alkanes of at least 4 members (excludes halogenated alkanes) is 37. The van der Waals surface area contributed by atoms with Crippen LogP contribution in [0.3, 0.4) is 0 Å². The van der Waals surface area contributed by atoms with Gasteiger partial charge in [-0.1, -0.05) is 264 Å². The first kappa shape index (κ1) is 66.3. The Morgan fingerprint density at radius 1 is 0.449 bits per heavy atom. The van der Waals surface area contributed by atoms with Crippen molar-refractivity contribution >= 4 is 13.7 Å². The van der Waals surface area contributed by atoms with Crippen LogP contribution in [-0.2, 0) is 18.4 Å². The Balaban J connectivity index is 2.02. The fourth-order valence-electron chi connectivity index (χ4n) is 9.78. The fourth-order valence-corrected chi connectivity index (χ4v) is 10.7. The van der Waals surface area contributed by atoms with Gasteiger partial charge in [0.1, 0.15) is 36.6 Å². The number of carbonyl (C=O) groups excluding carboxylic acids is 1. The summed E-state index contributed by atoms with van der Waals surface area (Å²) in [5.74, 6) is -0.563. The number of carbonyl (C=O) groups is 1. The van der Waals surface area contributed by atoms with Gasteiger partial charge in [0.05, 0.1) is 31.3 Å². The first-order valence-corrected chi connectivity index (χ1v) is 30.6. The van der Waals surface area contributed by atoms with Gasteiger partial charge in [-0.2, -0.15) is 0 Å². The Morgan fingerprint density at radius 2 is 0.725 bits per heavy atom. The highest BCUT2D eigenvalue weighted by molar-refractivity contribution is 7.47. The molecule has 1 saturated carbocycles. The fraction of sp³-hybridized carbons (Fsp3) is 0.982. The number of aliphatic hydroxyl groups excluding tert-OH is 7. The van der Waals surface area contributed by atoms with Crippen LogP contribution in [0.2, 0.25) is 0 Å². The second-order valence-electron chi connectivity index (χ2n) is 21.0. The molecule has 0 spiro atoms. The van der Waals surface area contributed by atoms with Crippen LogP contribution in [-0.4, -0.2) is 108 Å². The molecule has 69 heavy (non-hydrogen) atoms. The third-order valence-corrected chi connectivity index (χ3v) is 15.5. The van der Waals surface area contributed by atoms with E-state index in [9.17, 15) is 50.0 Å². The average molecular weight is 1010 g/mol. The van der Waals surface area contributed by atoms with E-state index in [4.69, 9.17) is 9.05 Å². The summed E-state index contributed by atoms with van der Waals surface area (Å²) >= 11 is 0. The topological polar surface area (TPSA) is 226 Å². The smallest absolute Gasteiger partial charge is 0.393 e. The predicted octanol–water partition coefficient (Wildman–Crippen LogP) is 11.9. The number of hydrogen-bond donors (Lipinski definition) is 9. The number of rotatable bonds is 50. The number of aliphatic hydroxyl groups is 7. The Labute approximate surface area is 421 Å². The lowest BCUT2D eigenvalue weighted by Gasteiger charge is -2.41. The van der Waals surface area contributed by atoms with E-state index in [1.54, 1.807) is 0 Å². The van der Waals surface area contributed by atoms with E-state index in [2.05, 4.69) is 12.2 Å². The van der Waals surface area contributed by atoms with Gasteiger partial charge in [-0.15, -0.1) is 0 Å². The normalized spacial score (nSPS) is 21.8. The van der Waals surface area contributed by atoms with Gasteiger partial charge in [-0.05, 0) is 12.8 Å². The third kappa shape index (κ3) is 36.0. The number of amides is 1. The minimum atomic E-state index is -5.10. The minimum Gasteiger partial charge on any atom is -0.393 e. The molecule has 1 amide bonds. The molecule has 412 valence electrons. The highest BCUT2D eigenvalue weighted by Gasteiger charge is 2.51. The van der Waals surface area contributed by atoms with Crippen LogP contribution in [0.1, 0.15) is 284 Å². The monoisotopic (exact) mass is 1010 g/mol. The molecule has 9 N–H and O–H groups in total. The van der Waals surface area contributed by atoms with Crippen LogP contribution in [0.25, 0.3) is 0 Å². The first-order chi connectivity index (χ1) is 33.3. The Kier molecular flexibility index (Phi) is 43.0. The van der Waals surface area contributed by atoms with E-state index in [1.165, 1.54) is 199 Å². The van der Waals surface area contributed by atoms with Crippen LogP contribution in [0, 0.1) is 0 Å². The van der Waals surface area contributed by atoms with E-state index in [0.29, 0.717) is 12.8 Å². The molecule has 0 heterocycles. The molecule has 8 unspecified atom stereocenters. The average Bonchev–Trinajstić information content (AvgIpc) is 3.33. The summed E-state index contributed by atoms with van der Waals surface area (Å²) in [6.45, 7) is 3.65. The van der Waals surface area contributed by atoms with E-state index >= 15 is 0 Å². The summed E-state index contributed by atoms with van der Waals surface area (Å²) in [6.07, 6.45) is 37.5. The van der Waals surface area contributed by atoms with Crippen molar-refractivity contribution in [2.45, 2.75) is 338 Å². The minimum absolute atomic E-state index is 0.218. The van der Waals surface area contributed by atoms with Crippen molar-refractivity contribution in [1.82, 2.24) is 5.32 Å². The molecule has 0 aromatic rings. The summed E-state index contributed by atoms with van der Waals surface area (Å²) in [5, 5.41) is 74.1. The van der Waals surface area contributed by atoms with Gasteiger partial charge < -0.3 is 46.0 Å². The molecule has 14 heteroatoms. The molecule has 8 atom stereocenters. The highest BCUT2D eigenvalue weighted by atomic mass is 31.2. The predicted molar refractivity (Wildman–Crippen MR) is 280 cm³/mol. The van der Waals surface area contributed by atoms with Crippen LogP contribution in [0.15, 0.2) is 0 Å². The Bertz CT molecular complexity index is 1190. The van der Waals surface area contributed by atoms with Gasteiger partial charge in [-0.3, -0.25) is 13.8 Å². The van der Waals surface area contributed by atoms with Crippen molar-refractivity contribution < 1.29 is 59.0 Å². The van der Waals surface area contributed by atoms with E-state index < -0.39 is 75.2 Å². The molecule has 1 rings (SSSR count). The highest BCUT2D eigenvalue weighted by Crippen LogP contribution is 2.47. The zero-order valence-corrected chi connectivity index (χ0v) is 45.2. The molecule has 1 fully saturated rings. The Morgan fingerprint density at radius 3 is 1.06 bits per heavy atom. The molecule has 0 saturated heterocycles. The van der Waals surface area contributed by atoms with Gasteiger partial charge in [0.25, 0.3) is 0 Å². The summed E-state index contributed by atoms with van der Waals surface area (Å²) in [5.41, 5.74) is 0.